The van der Waals surface area contributed by atoms with Gasteiger partial charge in [-0.15, -0.1) is 0 Å². The van der Waals surface area contributed by atoms with E-state index in [-0.39, 0.29) is 29.7 Å². The molecule has 2 rings (SSSR count). The number of hydrogen-bond acceptors (Lipinski definition) is 4. The van der Waals surface area contributed by atoms with E-state index in [0.717, 1.165) is 0 Å². The molecule has 1 heterocycles. The predicted octanol–water partition coefficient (Wildman–Crippen LogP) is 0.904. The van der Waals surface area contributed by atoms with Crippen LogP contribution < -0.4 is 5.32 Å². The van der Waals surface area contributed by atoms with Gasteiger partial charge in [-0.1, -0.05) is 0 Å². The minimum Gasteiger partial charge on any atom is -0.508 e. The molecular formula is C10H10N2O4. The van der Waals surface area contributed by atoms with Gasteiger partial charge in [0.2, 0.25) is 5.91 Å². The molecule has 1 fully saturated rings. The summed E-state index contributed by atoms with van der Waals surface area (Å²) >= 11 is 0. The van der Waals surface area contributed by atoms with Gasteiger partial charge in [-0.3, -0.25) is 14.9 Å². The van der Waals surface area contributed by atoms with Crippen LogP contribution >= 0.6 is 0 Å². The van der Waals surface area contributed by atoms with E-state index in [9.17, 15) is 20.0 Å². The Kier molecular flexibility index (Phi) is 2.47. The van der Waals surface area contributed by atoms with Gasteiger partial charge in [0.25, 0.3) is 5.69 Å². The first-order chi connectivity index (χ1) is 7.58. The number of nitrogens with zero attached hydrogens (tertiary/aromatic N) is 1. The highest BCUT2D eigenvalue weighted by Gasteiger charge is 2.26. The maximum Gasteiger partial charge on any atom is 0.269 e. The molecule has 84 valence electrons. The third-order valence-corrected chi connectivity index (χ3v) is 2.64. The van der Waals surface area contributed by atoms with Gasteiger partial charge in [-0.05, 0) is 6.07 Å². The number of nitro benzene ring substituents is 1. The molecule has 0 aromatic heterocycles. The highest BCUT2D eigenvalue weighted by molar-refractivity contribution is 5.79. The molecule has 1 aromatic carbocycles. The van der Waals surface area contributed by atoms with Gasteiger partial charge in [0.05, 0.1) is 4.92 Å². The molecule has 0 bridgehead atoms. The van der Waals surface area contributed by atoms with Crippen LogP contribution in [0.1, 0.15) is 17.9 Å². The quantitative estimate of drug-likeness (QED) is 0.574. The maximum absolute atomic E-state index is 11.0. The second-order valence-corrected chi connectivity index (χ2v) is 3.71. The molecule has 1 unspecified atom stereocenters. The van der Waals surface area contributed by atoms with E-state index in [1.165, 1.54) is 18.2 Å². The fourth-order valence-corrected chi connectivity index (χ4v) is 1.81. The third kappa shape index (κ3) is 1.81. The van der Waals surface area contributed by atoms with Crippen molar-refractivity contribution in [3.63, 3.8) is 0 Å². The molecule has 1 aliphatic rings. The number of aromatic hydroxyl groups is 1. The minimum atomic E-state index is -0.521. The van der Waals surface area contributed by atoms with Crippen LogP contribution in [0, 0.1) is 10.1 Å². The SMILES string of the molecule is O=C1CC(c2cc([N+](=O)[O-])ccc2O)CN1. The first-order valence-corrected chi connectivity index (χ1v) is 4.82. The smallest absolute Gasteiger partial charge is 0.269 e. The Morgan fingerprint density at radius 3 is 2.81 bits per heavy atom. The maximum atomic E-state index is 11.0. The van der Waals surface area contributed by atoms with Crippen LogP contribution in [0.4, 0.5) is 5.69 Å². The molecule has 0 radical (unpaired) electrons. The van der Waals surface area contributed by atoms with Crippen LogP contribution in [0.15, 0.2) is 18.2 Å². The molecule has 1 amide bonds. The summed E-state index contributed by atoms with van der Waals surface area (Å²) in [6.45, 7) is 0.410. The van der Waals surface area contributed by atoms with Gasteiger partial charge in [0, 0.05) is 36.6 Å². The van der Waals surface area contributed by atoms with Crippen molar-refractivity contribution in [3.8, 4) is 5.75 Å². The molecule has 0 saturated carbocycles. The lowest BCUT2D eigenvalue weighted by Gasteiger charge is -2.09. The van der Waals surface area contributed by atoms with Gasteiger partial charge in [-0.2, -0.15) is 0 Å². The van der Waals surface area contributed by atoms with Gasteiger partial charge in [0.15, 0.2) is 0 Å². The topological polar surface area (TPSA) is 92.5 Å². The van der Waals surface area contributed by atoms with E-state index < -0.39 is 4.92 Å². The summed E-state index contributed by atoms with van der Waals surface area (Å²) in [5, 5.41) is 22.8. The van der Waals surface area contributed by atoms with Crippen molar-refractivity contribution in [2.75, 3.05) is 6.54 Å². The van der Waals surface area contributed by atoms with Crippen LogP contribution in [0.25, 0.3) is 0 Å². The summed E-state index contributed by atoms with van der Waals surface area (Å²) < 4.78 is 0. The number of nitrogens with one attached hydrogen (secondary N) is 1. The summed E-state index contributed by atoms with van der Waals surface area (Å²) in [5.41, 5.74) is 0.375. The second-order valence-electron chi connectivity index (χ2n) is 3.71. The monoisotopic (exact) mass is 222 g/mol. The van der Waals surface area contributed by atoms with Crippen molar-refractivity contribution in [2.45, 2.75) is 12.3 Å². The van der Waals surface area contributed by atoms with Gasteiger partial charge >= 0.3 is 0 Å². The molecule has 0 spiro atoms. The number of carbonyl (C=O) groups is 1. The van der Waals surface area contributed by atoms with E-state index in [1.807, 2.05) is 0 Å². The fraction of sp³-hybridized carbons (Fsp3) is 0.300. The van der Waals surface area contributed by atoms with Crippen molar-refractivity contribution in [1.29, 1.82) is 0 Å². The summed E-state index contributed by atoms with van der Waals surface area (Å²) in [4.78, 5) is 21.1. The average Bonchev–Trinajstić information content (AvgIpc) is 2.65. The first kappa shape index (κ1) is 10.4. The van der Waals surface area contributed by atoms with Crippen LogP contribution in [0.3, 0.4) is 0 Å². The highest BCUT2D eigenvalue weighted by atomic mass is 16.6. The molecule has 1 aromatic rings. The molecule has 0 aliphatic carbocycles. The number of phenolic OH excluding ortho intramolecular Hbond substituents is 1. The summed E-state index contributed by atoms with van der Waals surface area (Å²) in [6, 6.07) is 3.85. The van der Waals surface area contributed by atoms with Crippen LogP contribution in [-0.2, 0) is 4.79 Å². The van der Waals surface area contributed by atoms with Crippen molar-refractivity contribution in [1.82, 2.24) is 5.32 Å². The number of phenols is 1. The Bertz CT molecular complexity index is 458. The van der Waals surface area contributed by atoms with Crippen LogP contribution in [0.2, 0.25) is 0 Å². The number of carbonyl (C=O) groups excluding carboxylic acids is 1. The number of hydrogen-bond donors (Lipinski definition) is 2. The van der Waals surface area contributed by atoms with E-state index >= 15 is 0 Å². The molecule has 1 atom stereocenters. The number of amides is 1. The summed E-state index contributed by atoms with van der Waals surface area (Å²) in [5.74, 6) is -0.296. The Balaban J connectivity index is 2.35. The number of rotatable bonds is 2. The second kappa shape index (κ2) is 3.80. The Hall–Kier alpha value is -2.11. The summed E-state index contributed by atoms with van der Waals surface area (Å²) in [7, 11) is 0. The molecule has 1 saturated heterocycles. The van der Waals surface area contributed by atoms with Crippen LogP contribution in [-0.4, -0.2) is 22.5 Å². The van der Waals surface area contributed by atoms with E-state index in [0.29, 0.717) is 12.1 Å². The van der Waals surface area contributed by atoms with E-state index in [4.69, 9.17) is 0 Å². The minimum absolute atomic E-state index is 0.00731. The zero-order valence-corrected chi connectivity index (χ0v) is 8.34. The molecule has 6 nitrogen and oxygen atoms in total. The molecule has 16 heavy (non-hydrogen) atoms. The third-order valence-electron chi connectivity index (χ3n) is 2.64. The number of nitro groups is 1. The van der Waals surface area contributed by atoms with Crippen molar-refractivity contribution >= 4 is 11.6 Å². The van der Waals surface area contributed by atoms with Gasteiger partial charge < -0.3 is 10.4 Å². The molecule has 6 heteroatoms. The Labute approximate surface area is 91.0 Å². The first-order valence-electron chi connectivity index (χ1n) is 4.82. The normalized spacial score (nSPS) is 19.5. The molecule has 1 aliphatic heterocycles. The fourth-order valence-electron chi connectivity index (χ4n) is 1.81. The standard InChI is InChI=1S/C10H10N2O4/c13-9-2-1-7(12(15)16)4-8(9)6-3-10(14)11-5-6/h1-2,4,6,13H,3,5H2,(H,11,14). The van der Waals surface area contributed by atoms with E-state index in [1.54, 1.807) is 0 Å². The zero-order valence-electron chi connectivity index (χ0n) is 8.34. The summed E-state index contributed by atoms with van der Waals surface area (Å²) in [6.07, 6.45) is 0.259. The lowest BCUT2D eigenvalue weighted by Crippen LogP contribution is -2.13. The average molecular weight is 222 g/mol. The lowest BCUT2D eigenvalue weighted by molar-refractivity contribution is -0.385. The highest BCUT2D eigenvalue weighted by Crippen LogP contribution is 2.33. The molecule has 2 N–H and O–H groups in total. The van der Waals surface area contributed by atoms with E-state index in [2.05, 4.69) is 5.32 Å². The Morgan fingerprint density at radius 2 is 2.25 bits per heavy atom. The number of benzene rings is 1. The predicted molar refractivity (Wildman–Crippen MR) is 55.1 cm³/mol. The van der Waals surface area contributed by atoms with Crippen molar-refractivity contribution in [2.24, 2.45) is 0 Å². The Morgan fingerprint density at radius 1 is 1.50 bits per heavy atom. The van der Waals surface area contributed by atoms with Gasteiger partial charge in [0.1, 0.15) is 5.75 Å². The van der Waals surface area contributed by atoms with Crippen LogP contribution in [0.5, 0.6) is 5.75 Å². The number of non-ortho nitro benzene ring substituents is 1. The van der Waals surface area contributed by atoms with Crippen molar-refractivity contribution < 1.29 is 14.8 Å². The van der Waals surface area contributed by atoms with Crippen molar-refractivity contribution in [3.05, 3.63) is 33.9 Å². The molecular weight excluding hydrogens is 212 g/mol. The van der Waals surface area contributed by atoms with Gasteiger partial charge in [-0.25, -0.2) is 0 Å². The zero-order chi connectivity index (χ0) is 11.7. The lowest BCUT2D eigenvalue weighted by atomic mass is 9.97. The largest absolute Gasteiger partial charge is 0.508 e.